The van der Waals surface area contributed by atoms with Gasteiger partial charge >= 0.3 is 29.6 Å². The number of unbranched alkanes of at least 4 members (excludes halogenated alkanes) is 8. The van der Waals surface area contributed by atoms with Crippen molar-refractivity contribution in [1.29, 1.82) is 0 Å². The van der Waals surface area contributed by atoms with Gasteiger partial charge in [0.25, 0.3) is 0 Å². The fraction of sp³-hybridized carbons (Fsp3) is 1.00. The second-order valence-electron chi connectivity index (χ2n) is 6.00. The van der Waals surface area contributed by atoms with Gasteiger partial charge in [0.2, 0.25) is 0 Å². The maximum Gasteiger partial charge on any atom is 1.00 e. The van der Waals surface area contributed by atoms with Crippen LogP contribution in [0.25, 0.3) is 0 Å². The van der Waals surface area contributed by atoms with E-state index >= 15 is 0 Å². The summed E-state index contributed by atoms with van der Waals surface area (Å²) >= 11 is 0. The van der Waals surface area contributed by atoms with Crippen molar-refractivity contribution in [2.75, 3.05) is 0 Å². The van der Waals surface area contributed by atoms with Crippen LogP contribution in [-0.2, 0) is 10.1 Å². The standard InChI is InChI=1S/C16H34O4S.Na/c1-3-5-6-7-8-9-10-11-12-14-16(21(18,19)20)15(17)13-4-2;/h15-17H,3-14H2,1-2H3,(H,18,19,20);/q;+1/p-1. The van der Waals surface area contributed by atoms with Gasteiger partial charge in [-0.15, -0.1) is 0 Å². The summed E-state index contributed by atoms with van der Waals surface area (Å²) in [5, 5.41) is 8.67. The molecule has 0 aromatic carbocycles. The SMILES string of the molecule is CCCCCCCCCCCC(C(O)CCC)S(=O)(=O)[O-].[Na+]. The van der Waals surface area contributed by atoms with E-state index in [-0.39, 0.29) is 29.6 Å². The average molecular weight is 344 g/mol. The van der Waals surface area contributed by atoms with E-state index in [1.807, 2.05) is 6.92 Å². The normalized spacial score (nSPS) is 14.4. The third-order valence-electron chi connectivity index (χ3n) is 3.98. The Hall–Kier alpha value is 0.870. The molecule has 0 bridgehead atoms. The molecule has 2 unspecified atom stereocenters. The van der Waals surface area contributed by atoms with E-state index in [0.717, 1.165) is 12.8 Å². The quantitative estimate of drug-likeness (QED) is 0.290. The molecule has 0 aromatic heterocycles. The van der Waals surface area contributed by atoms with E-state index in [2.05, 4.69) is 6.92 Å². The first-order chi connectivity index (χ1) is 9.93. The number of hydrogen-bond acceptors (Lipinski definition) is 4. The van der Waals surface area contributed by atoms with E-state index in [1.165, 1.54) is 38.5 Å². The van der Waals surface area contributed by atoms with E-state index in [0.29, 0.717) is 25.7 Å². The number of rotatable bonds is 14. The fourth-order valence-corrected chi connectivity index (χ4v) is 3.64. The van der Waals surface area contributed by atoms with Crippen LogP contribution in [0.5, 0.6) is 0 Å². The second-order valence-corrected chi connectivity index (χ2v) is 7.60. The molecule has 0 saturated carbocycles. The molecule has 0 fully saturated rings. The molecule has 22 heavy (non-hydrogen) atoms. The molecule has 0 aliphatic carbocycles. The van der Waals surface area contributed by atoms with Gasteiger partial charge in [0.05, 0.1) is 11.4 Å². The topological polar surface area (TPSA) is 77.4 Å². The van der Waals surface area contributed by atoms with Crippen LogP contribution in [0.1, 0.15) is 90.9 Å². The van der Waals surface area contributed by atoms with Gasteiger partial charge in [0.15, 0.2) is 0 Å². The molecule has 0 aromatic rings. The first-order valence-corrected chi connectivity index (χ1v) is 10.0. The summed E-state index contributed by atoms with van der Waals surface area (Å²) in [4.78, 5) is 0. The van der Waals surface area contributed by atoms with Gasteiger partial charge in [-0.25, -0.2) is 8.42 Å². The molecule has 0 rings (SSSR count). The van der Waals surface area contributed by atoms with Crippen LogP contribution in [-0.4, -0.2) is 29.4 Å². The summed E-state index contributed by atoms with van der Waals surface area (Å²) in [6.45, 7) is 4.07. The van der Waals surface area contributed by atoms with E-state index in [4.69, 9.17) is 0 Å². The van der Waals surface area contributed by atoms with E-state index in [9.17, 15) is 18.1 Å². The smallest absolute Gasteiger partial charge is 0.748 e. The Balaban J connectivity index is 0. The minimum atomic E-state index is -4.39. The largest absolute Gasteiger partial charge is 1.00 e. The average Bonchev–Trinajstić information content (AvgIpc) is 2.39. The Kier molecular flexibility index (Phi) is 17.6. The van der Waals surface area contributed by atoms with Crippen molar-refractivity contribution in [2.45, 2.75) is 102 Å². The molecule has 0 spiro atoms. The Morgan fingerprint density at radius 2 is 1.27 bits per heavy atom. The number of aliphatic hydroxyl groups is 1. The van der Waals surface area contributed by atoms with Crippen LogP contribution in [0.15, 0.2) is 0 Å². The molecule has 0 amide bonds. The molecule has 128 valence electrons. The molecule has 6 heteroatoms. The maximum absolute atomic E-state index is 11.2. The molecule has 0 saturated heterocycles. The van der Waals surface area contributed by atoms with Gasteiger partial charge in [-0.1, -0.05) is 78.1 Å². The van der Waals surface area contributed by atoms with Gasteiger partial charge in [0.1, 0.15) is 10.1 Å². The van der Waals surface area contributed by atoms with Crippen LogP contribution < -0.4 is 29.6 Å². The third-order valence-corrected chi connectivity index (χ3v) is 5.27. The molecule has 0 heterocycles. The minimum absolute atomic E-state index is 0. The maximum atomic E-state index is 11.2. The van der Waals surface area contributed by atoms with Gasteiger partial charge in [0, 0.05) is 0 Å². The summed E-state index contributed by atoms with van der Waals surface area (Å²) in [6, 6.07) is 0. The van der Waals surface area contributed by atoms with E-state index < -0.39 is 21.5 Å². The Bertz CT molecular complexity index is 333. The number of aliphatic hydroxyl groups excluding tert-OH is 1. The molecule has 0 aliphatic rings. The van der Waals surface area contributed by atoms with Crippen LogP contribution in [0.4, 0.5) is 0 Å². The summed E-state index contributed by atoms with van der Waals surface area (Å²) in [5.74, 6) is 0. The Labute approximate surface area is 159 Å². The van der Waals surface area contributed by atoms with Gasteiger partial charge in [-0.2, -0.15) is 0 Å². The zero-order chi connectivity index (χ0) is 16.1. The molecule has 0 aliphatic heterocycles. The van der Waals surface area contributed by atoms with Crippen molar-refractivity contribution in [1.82, 2.24) is 0 Å². The van der Waals surface area contributed by atoms with Crippen molar-refractivity contribution in [2.24, 2.45) is 0 Å². The van der Waals surface area contributed by atoms with Gasteiger partial charge in [-0.3, -0.25) is 0 Å². The first kappa shape index (κ1) is 25.1. The molecule has 0 radical (unpaired) electrons. The summed E-state index contributed by atoms with van der Waals surface area (Å²) in [5.41, 5.74) is 0. The molecule has 1 N–H and O–H groups in total. The third kappa shape index (κ3) is 13.3. The fourth-order valence-electron chi connectivity index (χ4n) is 2.67. The first-order valence-electron chi connectivity index (χ1n) is 8.56. The zero-order valence-electron chi connectivity index (χ0n) is 14.7. The molecular formula is C16H33NaO4S. The van der Waals surface area contributed by atoms with Crippen molar-refractivity contribution in [3.05, 3.63) is 0 Å². The molecular weight excluding hydrogens is 311 g/mol. The Morgan fingerprint density at radius 3 is 1.68 bits per heavy atom. The molecule has 2 atom stereocenters. The predicted molar refractivity (Wildman–Crippen MR) is 86.2 cm³/mol. The summed E-state index contributed by atoms with van der Waals surface area (Å²) < 4.78 is 33.6. The number of hydrogen-bond donors (Lipinski definition) is 1. The van der Waals surface area contributed by atoms with Crippen LogP contribution in [0, 0.1) is 0 Å². The summed E-state index contributed by atoms with van der Waals surface area (Å²) in [7, 11) is -4.39. The van der Waals surface area contributed by atoms with Gasteiger partial charge in [-0.05, 0) is 12.8 Å². The van der Waals surface area contributed by atoms with Crippen molar-refractivity contribution in [3.8, 4) is 0 Å². The van der Waals surface area contributed by atoms with Crippen LogP contribution >= 0.6 is 0 Å². The Morgan fingerprint density at radius 1 is 0.818 bits per heavy atom. The van der Waals surface area contributed by atoms with Crippen molar-refractivity contribution >= 4 is 10.1 Å². The monoisotopic (exact) mass is 344 g/mol. The summed E-state index contributed by atoms with van der Waals surface area (Å²) in [6.07, 6.45) is 10.6. The van der Waals surface area contributed by atoms with Crippen molar-refractivity contribution < 1.29 is 47.6 Å². The van der Waals surface area contributed by atoms with Crippen LogP contribution in [0.3, 0.4) is 0 Å². The molecule has 4 nitrogen and oxygen atoms in total. The predicted octanol–water partition coefficient (Wildman–Crippen LogP) is 0.986. The second kappa shape index (κ2) is 15.4. The van der Waals surface area contributed by atoms with E-state index in [1.54, 1.807) is 0 Å². The zero-order valence-corrected chi connectivity index (χ0v) is 17.5. The van der Waals surface area contributed by atoms with Crippen molar-refractivity contribution in [3.63, 3.8) is 0 Å². The van der Waals surface area contributed by atoms with Crippen LogP contribution in [0.2, 0.25) is 0 Å². The minimum Gasteiger partial charge on any atom is -0.748 e. The van der Waals surface area contributed by atoms with Gasteiger partial charge < -0.3 is 9.66 Å².